The molecule has 9 aromatic rings. The van der Waals surface area contributed by atoms with Gasteiger partial charge in [0.15, 0.2) is 17.1 Å². The number of aromatic nitrogens is 2. The van der Waals surface area contributed by atoms with Crippen molar-refractivity contribution in [2.45, 2.75) is 0 Å². The molecule has 0 aliphatic heterocycles. The van der Waals surface area contributed by atoms with Gasteiger partial charge in [-0.2, -0.15) is 0 Å². The second-order valence-electron chi connectivity index (χ2n) is 12.2. The lowest BCUT2D eigenvalue weighted by Crippen LogP contribution is -1.98. The van der Waals surface area contributed by atoms with Gasteiger partial charge in [-0.05, 0) is 76.7 Å². The molecule has 50 heavy (non-hydrogen) atoms. The molecular weight excluding hydrogens is 611 g/mol. The third kappa shape index (κ3) is 4.31. The van der Waals surface area contributed by atoms with E-state index in [0.717, 1.165) is 66.5 Å². The SMILES string of the molecule is [C-]#[N+]c1ccc(-c2cc(-n3c4ccccc4c4ccccc43)ccc2[N+]#[C-])c(-c2ccccc2-n2c3ccccc3c3cc([N+]#[C-])ccc32)c1. The zero-order chi connectivity index (χ0) is 33.8. The molecule has 0 fully saturated rings. The van der Waals surface area contributed by atoms with E-state index in [2.05, 4.69) is 103 Å². The van der Waals surface area contributed by atoms with E-state index in [-0.39, 0.29) is 0 Å². The van der Waals surface area contributed by atoms with Crippen molar-refractivity contribution in [3.8, 4) is 33.6 Å². The lowest BCUT2D eigenvalue weighted by molar-refractivity contribution is 1.18. The molecule has 0 saturated carbocycles. The standard InChI is InChI=1S/C45H25N5/c1-46-29-20-23-32(38-28-31(22-24-40(38)48-3)49-41-16-8-4-12-33(41)34-13-5-9-17-42(34)49)37(26-29)35-14-6-10-18-43(35)50-44-19-11-7-15-36(44)39-27-30(47-2)21-25-45(39)50/h4-28H. The van der Waals surface area contributed by atoms with Gasteiger partial charge < -0.3 is 9.13 Å². The topological polar surface area (TPSA) is 22.9 Å². The molecule has 0 radical (unpaired) electrons. The van der Waals surface area contributed by atoms with Crippen molar-refractivity contribution in [1.29, 1.82) is 0 Å². The average Bonchev–Trinajstić information content (AvgIpc) is 3.70. The minimum absolute atomic E-state index is 0.519. The predicted octanol–water partition coefficient (Wildman–Crippen LogP) is 12.9. The Labute approximate surface area is 288 Å². The largest absolute Gasteiger partial charge is 0.309 e. The van der Waals surface area contributed by atoms with Crippen LogP contribution < -0.4 is 0 Å². The molecule has 7 aromatic carbocycles. The quantitative estimate of drug-likeness (QED) is 0.172. The molecule has 0 aliphatic rings. The Bertz CT molecular complexity index is 2920. The average molecular weight is 636 g/mol. The molecule has 5 nitrogen and oxygen atoms in total. The van der Waals surface area contributed by atoms with Crippen LogP contribution in [0.3, 0.4) is 0 Å². The highest BCUT2D eigenvalue weighted by atomic mass is 15.0. The molecule has 5 heteroatoms. The Morgan fingerprint density at radius 3 is 1.60 bits per heavy atom. The first-order valence-corrected chi connectivity index (χ1v) is 16.2. The minimum Gasteiger partial charge on any atom is -0.309 e. The van der Waals surface area contributed by atoms with Crippen LogP contribution in [0.1, 0.15) is 0 Å². The van der Waals surface area contributed by atoms with E-state index in [1.54, 1.807) is 0 Å². The monoisotopic (exact) mass is 635 g/mol. The Morgan fingerprint density at radius 1 is 0.360 bits per heavy atom. The van der Waals surface area contributed by atoms with E-state index in [9.17, 15) is 0 Å². The van der Waals surface area contributed by atoms with Gasteiger partial charge in [-0.25, -0.2) is 14.5 Å². The van der Waals surface area contributed by atoms with Gasteiger partial charge >= 0.3 is 0 Å². The molecule has 0 N–H and O–H groups in total. The maximum atomic E-state index is 8.21. The van der Waals surface area contributed by atoms with Crippen LogP contribution >= 0.6 is 0 Å². The Hall–Kier alpha value is -7.39. The summed E-state index contributed by atoms with van der Waals surface area (Å²) >= 11 is 0. The molecule has 0 atom stereocenters. The van der Waals surface area contributed by atoms with Gasteiger partial charge in [0.1, 0.15) is 0 Å². The number of hydrogen-bond acceptors (Lipinski definition) is 0. The summed E-state index contributed by atoms with van der Waals surface area (Å²) in [6, 6.07) is 50.9. The smallest absolute Gasteiger partial charge is 0.195 e. The minimum atomic E-state index is 0.519. The number of fused-ring (bicyclic) bond motifs is 6. The second-order valence-corrected chi connectivity index (χ2v) is 12.2. The van der Waals surface area contributed by atoms with E-state index in [1.165, 1.54) is 10.8 Å². The van der Waals surface area contributed by atoms with Gasteiger partial charge in [0, 0.05) is 27.4 Å². The van der Waals surface area contributed by atoms with Crippen molar-refractivity contribution in [3.05, 3.63) is 186 Å². The number of hydrogen-bond donors (Lipinski definition) is 0. The lowest BCUT2D eigenvalue weighted by Gasteiger charge is -2.19. The van der Waals surface area contributed by atoms with Crippen LogP contribution in [0.15, 0.2) is 152 Å². The van der Waals surface area contributed by atoms with E-state index in [4.69, 9.17) is 19.7 Å². The molecule has 0 bridgehead atoms. The van der Waals surface area contributed by atoms with Crippen LogP contribution in [0.25, 0.3) is 91.8 Å². The number of rotatable bonds is 4. The molecule has 0 unspecified atom stereocenters. The van der Waals surface area contributed by atoms with Crippen LogP contribution in [0, 0.1) is 19.7 Å². The molecule has 230 valence electrons. The third-order valence-corrected chi connectivity index (χ3v) is 9.58. The van der Waals surface area contributed by atoms with Crippen molar-refractivity contribution >= 4 is 60.7 Å². The Morgan fingerprint density at radius 2 is 0.920 bits per heavy atom. The van der Waals surface area contributed by atoms with Crippen molar-refractivity contribution < 1.29 is 0 Å². The van der Waals surface area contributed by atoms with Crippen LogP contribution in [0.5, 0.6) is 0 Å². The Kier molecular flexibility index (Phi) is 6.56. The first-order valence-electron chi connectivity index (χ1n) is 16.2. The first kappa shape index (κ1) is 28.8. The van der Waals surface area contributed by atoms with Gasteiger partial charge in [-0.15, -0.1) is 0 Å². The fourth-order valence-corrected chi connectivity index (χ4v) is 7.42. The van der Waals surface area contributed by atoms with Gasteiger partial charge in [0.05, 0.1) is 47.5 Å². The van der Waals surface area contributed by atoms with E-state index in [1.807, 2.05) is 72.8 Å². The summed E-state index contributed by atoms with van der Waals surface area (Å²) in [5.74, 6) is 0. The Balaban J connectivity index is 1.32. The highest BCUT2D eigenvalue weighted by Gasteiger charge is 2.20. The predicted molar refractivity (Wildman–Crippen MR) is 205 cm³/mol. The summed E-state index contributed by atoms with van der Waals surface area (Å²) in [6.07, 6.45) is 0. The summed E-state index contributed by atoms with van der Waals surface area (Å²) in [6.45, 7) is 23.8. The van der Waals surface area contributed by atoms with Crippen LogP contribution in [-0.2, 0) is 0 Å². The van der Waals surface area contributed by atoms with Crippen molar-refractivity contribution in [2.24, 2.45) is 0 Å². The molecule has 2 aromatic heterocycles. The molecule has 2 heterocycles. The summed E-state index contributed by atoms with van der Waals surface area (Å²) in [5.41, 5.74) is 11.2. The molecule has 0 amide bonds. The van der Waals surface area contributed by atoms with Gasteiger partial charge in [-0.1, -0.05) is 97.1 Å². The highest BCUT2D eigenvalue weighted by Crippen LogP contribution is 2.45. The molecular formula is C45H25N5. The second kappa shape index (κ2) is 11.4. The fourth-order valence-electron chi connectivity index (χ4n) is 7.42. The normalized spacial score (nSPS) is 11.1. The number of benzene rings is 7. The zero-order valence-electron chi connectivity index (χ0n) is 26.7. The van der Waals surface area contributed by atoms with E-state index < -0.39 is 0 Å². The van der Waals surface area contributed by atoms with Gasteiger partial charge in [0.2, 0.25) is 0 Å². The van der Waals surface area contributed by atoms with E-state index >= 15 is 0 Å². The molecule has 0 spiro atoms. The summed E-state index contributed by atoms with van der Waals surface area (Å²) in [4.78, 5) is 11.5. The summed E-state index contributed by atoms with van der Waals surface area (Å²) in [5, 5.41) is 4.41. The van der Waals surface area contributed by atoms with Crippen molar-refractivity contribution in [3.63, 3.8) is 0 Å². The number of nitrogens with zero attached hydrogens (tertiary/aromatic N) is 5. The molecule has 9 rings (SSSR count). The summed E-state index contributed by atoms with van der Waals surface area (Å²) in [7, 11) is 0. The molecule has 0 saturated heterocycles. The van der Waals surface area contributed by atoms with Gasteiger partial charge in [-0.3, -0.25) is 0 Å². The van der Waals surface area contributed by atoms with E-state index in [0.29, 0.717) is 17.1 Å². The van der Waals surface area contributed by atoms with Crippen molar-refractivity contribution in [1.82, 2.24) is 9.13 Å². The van der Waals surface area contributed by atoms with Crippen molar-refractivity contribution in [2.75, 3.05) is 0 Å². The highest BCUT2D eigenvalue weighted by molar-refractivity contribution is 6.11. The maximum Gasteiger partial charge on any atom is 0.195 e. The summed E-state index contributed by atoms with van der Waals surface area (Å²) < 4.78 is 4.50. The lowest BCUT2D eigenvalue weighted by atomic mass is 9.91. The maximum absolute atomic E-state index is 8.21. The van der Waals surface area contributed by atoms with Crippen LogP contribution in [-0.4, -0.2) is 9.13 Å². The number of para-hydroxylation sites is 4. The van der Waals surface area contributed by atoms with Crippen LogP contribution in [0.4, 0.5) is 17.1 Å². The first-order chi connectivity index (χ1) is 24.7. The molecule has 0 aliphatic carbocycles. The third-order valence-electron chi connectivity index (χ3n) is 9.58. The van der Waals surface area contributed by atoms with Gasteiger partial charge in [0.25, 0.3) is 0 Å². The fraction of sp³-hybridized carbons (Fsp3) is 0. The van der Waals surface area contributed by atoms with Crippen LogP contribution in [0.2, 0.25) is 0 Å². The zero-order valence-corrected chi connectivity index (χ0v) is 26.7.